The van der Waals surface area contributed by atoms with Crippen LogP contribution in [0.3, 0.4) is 0 Å². The molecule has 2 atom stereocenters. The van der Waals surface area contributed by atoms with Crippen molar-refractivity contribution in [3.05, 3.63) is 64.0 Å². The molecule has 0 amide bonds. The van der Waals surface area contributed by atoms with Crippen LogP contribution in [0, 0.1) is 11.3 Å². The van der Waals surface area contributed by atoms with Gasteiger partial charge in [-0.2, -0.15) is 0 Å². The molecule has 110 valence electrons. The second-order valence-corrected chi connectivity index (χ2v) is 11.3. The molecule has 0 saturated carbocycles. The molecule has 0 N–H and O–H groups in total. The number of benzene rings is 1. The molecule has 22 heavy (non-hydrogen) atoms. The van der Waals surface area contributed by atoms with E-state index < -0.39 is 14.7 Å². The molecule has 5 heteroatoms. The predicted octanol–water partition coefficient (Wildman–Crippen LogP) is 1.94. The summed E-state index contributed by atoms with van der Waals surface area (Å²) in [5, 5.41) is 9.58. The van der Waals surface area contributed by atoms with Gasteiger partial charge in [0.15, 0.2) is 0 Å². The summed E-state index contributed by atoms with van der Waals surface area (Å²) in [6.45, 7) is 0. The Balaban J connectivity index is 2.18. The summed E-state index contributed by atoms with van der Waals surface area (Å²) in [5.74, 6) is 0.850. The minimum atomic E-state index is -0.948. The molecule has 0 fully saturated rings. The van der Waals surface area contributed by atoms with Crippen molar-refractivity contribution in [3.63, 3.8) is 0 Å². The fourth-order valence-electron chi connectivity index (χ4n) is 2.62. The number of nitrogens with zero attached hydrogens (tertiary/aromatic N) is 2. The van der Waals surface area contributed by atoms with Crippen LogP contribution in [-0.2, 0) is 0 Å². The molecule has 1 aliphatic rings. The Morgan fingerprint density at radius 3 is 2.59 bits per heavy atom. The molecule has 2 aromatic rings. The number of fused-ring (bicyclic) bond motifs is 1. The van der Waals surface area contributed by atoms with Gasteiger partial charge in [-0.15, -0.1) is 0 Å². The fourth-order valence-corrected chi connectivity index (χ4v) is 4.94. The molecule has 0 spiro atoms. The summed E-state index contributed by atoms with van der Waals surface area (Å²) in [6, 6.07) is 12.8. The van der Waals surface area contributed by atoms with E-state index in [-0.39, 0.29) is 5.92 Å². The van der Waals surface area contributed by atoms with Gasteiger partial charge < -0.3 is 0 Å². The van der Waals surface area contributed by atoms with E-state index in [0.717, 1.165) is 21.4 Å². The first-order valence-corrected chi connectivity index (χ1v) is 12.8. The molecular weight excluding hydrogens is 398 g/mol. The maximum absolute atomic E-state index is 9.58. The van der Waals surface area contributed by atoms with E-state index >= 15 is 0 Å². The van der Waals surface area contributed by atoms with E-state index in [1.165, 1.54) is 21.2 Å². The predicted molar refractivity (Wildman–Crippen MR) is 91.4 cm³/mol. The van der Waals surface area contributed by atoms with Crippen LogP contribution in [-0.4, -0.2) is 36.5 Å². The summed E-state index contributed by atoms with van der Waals surface area (Å²) < 4.78 is 8.12. The molecule has 1 aromatic carbocycles. The first kappa shape index (κ1) is 15.4. The maximum atomic E-state index is 9.58. The Morgan fingerprint density at radius 2 is 1.95 bits per heavy atom. The Kier molecular flexibility index (Phi) is 4.43. The van der Waals surface area contributed by atoms with E-state index in [2.05, 4.69) is 40.7 Å². The molecule has 2 unspecified atom stereocenters. The molecule has 0 bridgehead atoms. The SMILES string of the molecule is C[As](C)c1ccc2c(c1)OC([AsH2])=C(C#N)C2c1ccncc1. The summed E-state index contributed by atoms with van der Waals surface area (Å²) >= 11 is 0.408. The fraction of sp³-hybridized carbons (Fsp3) is 0.176. The number of rotatable bonds is 2. The number of hydrogen-bond donors (Lipinski definition) is 0. The second kappa shape index (κ2) is 6.33. The second-order valence-electron chi connectivity index (χ2n) is 5.32. The van der Waals surface area contributed by atoms with E-state index in [1.54, 1.807) is 12.4 Å². The van der Waals surface area contributed by atoms with Crippen LogP contribution in [0.4, 0.5) is 0 Å². The third kappa shape index (κ3) is 2.74. The molecule has 1 aromatic heterocycles. The van der Waals surface area contributed by atoms with Crippen LogP contribution in [0.25, 0.3) is 0 Å². The van der Waals surface area contributed by atoms with Gasteiger partial charge in [-0.1, -0.05) is 0 Å². The zero-order chi connectivity index (χ0) is 15.7. The number of allylic oxidation sites excluding steroid dienone is 1. The molecule has 0 aliphatic carbocycles. The summed E-state index contributed by atoms with van der Waals surface area (Å²) in [5.41, 5.74) is 7.48. The van der Waals surface area contributed by atoms with Crippen LogP contribution in [0.5, 0.6) is 5.75 Å². The first-order chi connectivity index (χ1) is 10.6. The van der Waals surface area contributed by atoms with Crippen molar-refractivity contribution in [2.45, 2.75) is 17.3 Å². The number of hydrogen-bond acceptors (Lipinski definition) is 3. The van der Waals surface area contributed by atoms with Crippen molar-refractivity contribution < 1.29 is 4.74 Å². The molecule has 3 nitrogen and oxygen atoms in total. The van der Waals surface area contributed by atoms with Gasteiger partial charge in [-0.3, -0.25) is 0 Å². The Labute approximate surface area is 143 Å². The van der Waals surface area contributed by atoms with Crippen LogP contribution < -0.4 is 9.09 Å². The zero-order valence-electron chi connectivity index (χ0n) is 12.4. The van der Waals surface area contributed by atoms with Gasteiger partial charge in [0.2, 0.25) is 0 Å². The van der Waals surface area contributed by atoms with Gasteiger partial charge in [-0.25, -0.2) is 0 Å². The van der Waals surface area contributed by atoms with Crippen molar-refractivity contribution in [2.75, 3.05) is 0 Å². The third-order valence-electron chi connectivity index (χ3n) is 3.76. The van der Waals surface area contributed by atoms with Crippen LogP contribution in [0.2, 0.25) is 11.4 Å². The average molecular weight is 414 g/mol. The van der Waals surface area contributed by atoms with Crippen molar-refractivity contribution in [1.29, 1.82) is 5.26 Å². The normalized spacial score (nSPS) is 17.0. The number of aromatic nitrogens is 1. The topological polar surface area (TPSA) is 45.9 Å². The number of ether oxygens (including phenoxy) is 1. The van der Waals surface area contributed by atoms with Gasteiger partial charge in [0.25, 0.3) is 0 Å². The summed E-state index contributed by atoms with van der Waals surface area (Å²) in [4.78, 5) is 4.08. The third-order valence-corrected chi connectivity index (χ3v) is 7.41. The molecule has 3 rings (SSSR count). The van der Waals surface area contributed by atoms with Crippen LogP contribution in [0.1, 0.15) is 17.0 Å². The molecule has 1 aliphatic heterocycles. The Bertz CT molecular complexity index is 779. The Hall–Kier alpha value is -1.48. The zero-order valence-corrected chi connectivity index (χ0v) is 16.7. The van der Waals surface area contributed by atoms with Gasteiger partial charge in [0, 0.05) is 0 Å². The quantitative estimate of drug-likeness (QED) is 0.706. The van der Waals surface area contributed by atoms with Crippen LogP contribution >= 0.6 is 0 Å². The average Bonchev–Trinajstić information content (AvgIpc) is 2.53. The van der Waals surface area contributed by atoms with Gasteiger partial charge in [0.05, 0.1) is 0 Å². The van der Waals surface area contributed by atoms with Gasteiger partial charge in [-0.05, 0) is 0 Å². The van der Waals surface area contributed by atoms with E-state index in [4.69, 9.17) is 4.74 Å². The molecule has 0 saturated heterocycles. The van der Waals surface area contributed by atoms with E-state index in [0.29, 0.717) is 5.57 Å². The molecule has 2 heterocycles. The van der Waals surface area contributed by atoms with Gasteiger partial charge >= 0.3 is 144 Å². The van der Waals surface area contributed by atoms with Crippen molar-refractivity contribution >= 4 is 35.9 Å². The first-order valence-electron chi connectivity index (χ1n) is 6.90. The molecular formula is C17H16As2N2O. The van der Waals surface area contributed by atoms with Crippen molar-refractivity contribution in [3.8, 4) is 11.8 Å². The summed E-state index contributed by atoms with van der Waals surface area (Å²) in [7, 11) is 0. The van der Waals surface area contributed by atoms with E-state index in [1.807, 2.05) is 12.1 Å². The van der Waals surface area contributed by atoms with Crippen molar-refractivity contribution in [2.24, 2.45) is 0 Å². The number of nitriles is 1. The standard InChI is InChI=1S/C17H16As2N2O/c1-19(2)12-3-4-13-15(9-12)22-17(18)14(10-20)16(13)11-5-7-21-8-6-11/h3-9,16H,18H2,1-2H3. The van der Waals surface area contributed by atoms with E-state index in [9.17, 15) is 5.26 Å². The monoisotopic (exact) mass is 414 g/mol. The van der Waals surface area contributed by atoms with Crippen LogP contribution in [0.15, 0.2) is 52.8 Å². The minimum absolute atomic E-state index is 0.0534. The van der Waals surface area contributed by atoms with Crippen molar-refractivity contribution in [1.82, 2.24) is 4.98 Å². The van der Waals surface area contributed by atoms with Gasteiger partial charge in [0.1, 0.15) is 0 Å². The molecule has 0 radical (unpaired) electrons. The Morgan fingerprint density at radius 1 is 1.23 bits per heavy atom. The number of pyridine rings is 1. The summed E-state index contributed by atoms with van der Waals surface area (Å²) in [6.07, 6.45) is 3.55.